The fourth-order valence-electron chi connectivity index (χ4n) is 4.25. The molecule has 0 spiro atoms. The third kappa shape index (κ3) is 5.77. The zero-order chi connectivity index (χ0) is 24.0. The minimum atomic E-state index is 0.378. The molecule has 2 heterocycles. The van der Waals surface area contributed by atoms with Crippen LogP contribution in [0.25, 0.3) is 6.08 Å². The topological polar surface area (TPSA) is 95.3 Å². The Morgan fingerprint density at radius 1 is 1.11 bits per heavy atom. The van der Waals surface area contributed by atoms with E-state index in [9.17, 15) is 5.26 Å². The van der Waals surface area contributed by atoms with Gasteiger partial charge in [-0.1, -0.05) is 23.8 Å². The van der Waals surface area contributed by atoms with Crippen molar-refractivity contribution >= 4 is 29.2 Å². The van der Waals surface area contributed by atoms with Crippen LogP contribution in [0, 0.1) is 11.3 Å². The summed E-state index contributed by atoms with van der Waals surface area (Å²) < 4.78 is 11.3. The number of anilines is 4. The number of nitriles is 1. The predicted molar refractivity (Wildman–Crippen MR) is 136 cm³/mol. The van der Waals surface area contributed by atoms with Gasteiger partial charge in [0.1, 0.15) is 24.0 Å². The van der Waals surface area contributed by atoms with E-state index in [1.54, 1.807) is 0 Å². The van der Waals surface area contributed by atoms with E-state index in [2.05, 4.69) is 56.7 Å². The highest BCUT2D eigenvalue weighted by molar-refractivity contribution is 5.71. The monoisotopic (exact) mass is 468 g/mol. The molecule has 1 aliphatic heterocycles. The van der Waals surface area contributed by atoms with E-state index in [0.717, 1.165) is 56.4 Å². The summed E-state index contributed by atoms with van der Waals surface area (Å²) in [5.74, 6) is 1.63. The van der Waals surface area contributed by atoms with Gasteiger partial charge in [0, 0.05) is 37.1 Å². The van der Waals surface area contributed by atoms with Crippen molar-refractivity contribution in [2.45, 2.75) is 13.3 Å². The third-order valence-corrected chi connectivity index (χ3v) is 6.06. The minimum absolute atomic E-state index is 0.378. The molecule has 2 aliphatic rings. The molecule has 2 aromatic carbocycles. The van der Waals surface area contributed by atoms with Gasteiger partial charge in [-0.2, -0.15) is 10.2 Å². The summed E-state index contributed by atoms with van der Waals surface area (Å²) in [4.78, 5) is 11.2. The Kier molecular flexibility index (Phi) is 6.89. The van der Waals surface area contributed by atoms with Gasteiger partial charge in [-0.15, -0.1) is 0 Å². The fraction of sp³-hybridized carbons (Fsp3) is 0.296. The number of rotatable bonds is 8. The van der Waals surface area contributed by atoms with Crippen LogP contribution in [0.5, 0.6) is 5.75 Å². The van der Waals surface area contributed by atoms with E-state index in [1.165, 1.54) is 22.9 Å². The lowest BCUT2D eigenvalue weighted by Gasteiger charge is -2.26. The molecule has 8 nitrogen and oxygen atoms in total. The van der Waals surface area contributed by atoms with Gasteiger partial charge in [-0.3, -0.25) is 4.90 Å². The highest BCUT2D eigenvalue weighted by Gasteiger charge is 2.13. The van der Waals surface area contributed by atoms with E-state index >= 15 is 0 Å². The number of fused-ring (bicyclic) bond motifs is 1. The van der Waals surface area contributed by atoms with E-state index in [4.69, 9.17) is 9.47 Å². The maximum absolute atomic E-state index is 9.55. The number of allylic oxidation sites excluding steroid dienone is 1. The number of aromatic nitrogens is 2. The molecule has 3 aromatic rings. The number of ether oxygens (including phenoxy) is 2. The van der Waals surface area contributed by atoms with E-state index in [0.29, 0.717) is 23.9 Å². The first kappa shape index (κ1) is 22.8. The molecule has 0 amide bonds. The molecule has 178 valence electrons. The third-order valence-electron chi connectivity index (χ3n) is 6.06. The second-order valence-electron chi connectivity index (χ2n) is 8.73. The molecule has 0 saturated carbocycles. The first-order chi connectivity index (χ1) is 17.2. The quantitative estimate of drug-likeness (QED) is 0.499. The summed E-state index contributed by atoms with van der Waals surface area (Å²) in [6.07, 6.45) is 4.70. The van der Waals surface area contributed by atoms with Gasteiger partial charge in [0.25, 0.3) is 0 Å². The molecule has 8 heteroatoms. The summed E-state index contributed by atoms with van der Waals surface area (Å²) >= 11 is 0. The largest absolute Gasteiger partial charge is 0.492 e. The number of hydrogen-bond acceptors (Lipinski definition) is 8. The lowest BCUT2D eigenvalue weighted by atomic mass is 10.1. The normalized spacial score (nSPS) is 15.1. The molecular formula is C27H28N6O2. The average Bonchev–Trinajstić information content (AvgIpc) is 3.24. The van der Waals surface area contributed by atoms with Crippen molar-refractivity contribution in [1.29, 1.82) is 5.26 Å². The van der Waals surface area contributed by atoms with E-state index < -0.39 is 0 Å². The fourth-order valence-corrected chi connectivity index (χ4v) is 4.25. The van der Waals surface area contributed by atoms with Gasteiger partial charge in [0.2, 0.25) is 5.95 Å². The number of benzene rings is 2. The Morgan fingerprint density at radius 2 is 1.97 bits per heavy atom. The summed E-state index contributed by atoms with van der Waals surface area (Å²) in [6.45, 7) is 7.06. The smallest absolute Gasteiger partial charge is 0.229 e. The van der Waals surface area contributed by atoms with Crippen molar-refractivity contribution in [3.8, 4) is 11.8 Å². The highest BCUT2D eigenvalue weighted by Crippen LogP contribution is 2.29. The molecule has 0 radical (unpaired) electrons. The van der Waals surface area contributed by atoms with E-state index in [-0.39, 0.29) is 0 Å². The highest BCUT2D eigenvalue weighted by atomic mass is 16.5. The van der Waals surface area contributed by atoms with Crippen LogP contribution < -0.4 is 15.4 Å². The second kappa shape index (κ2) is 10.6. The summed E-state index contributed by atoms with van der Waals surface area (Å²) in [6, 6.07) is 16.1. The van der Waals surface area contributed by atoms with Gasteiger partial charge in [0.15, 0.2) is 5.82 Å². The predicted octanol–water partition coefficient (Wildman–Crippen LogP) is 4.51. The van der Waals surface area contributed by atoms with Crippen molar-refractivity contribution in [2.75, 3.05) is 50.1 Å². The first-order valence-corrected chi connectivity index (χ1v) is 11.8. The zero-order valence-electron chi connectivity index (χ0n) is 19.8. The van der Waals surface area contributed by atoms with Crippen LogP contribution >= 0.6 is 0 Å². The number of hydrogen-bond donors (Lipinski definition) is 2. The number of morpholine rings is 1. The Balaban J connectivity index is 1.25. The van der Waals surface area contributed by atoms with Crippen LogP contribution in [0.1, 0.15) is 23.6 Å². The van der Waals surface area contributed by atoms with Crippen molar-refractivity contribution in [3.63, 3.8) is 0 Å². The maximum atomic E-state index is 9.55. The van der Waals surface area contributed by atoms with Crippen molar-refractivity contribution < 1.29 is 9.47 Å². The first-order valence-electron chi connectivity index (χ1n) is 11.8. The molecule has 1 fully saturated rings. The van der Waals surface area contributed by atoms with Gasteiger partial charge >= 0.3 is 0 Å². The Labute approximate surface area is 205 Å². The summed E-state index contributed by atoms with van der Waals surface area (Å²) in [5.41, 5.74) is 5.92. The van der Waals surface area contributed by atoms with Crippen molar-refractivity contribution in [3.05, 3.63) is 70.9 Å². The van der Waals surface area contributed by atoms with E-state index in [1.807, 2.05) is 30.3 Å². The minimum Gasteiger partial charge on any atom is -0.492 e. The van der Waals surface area contributed by atoms with Gasteiger partial charge in [-0.25, -0.2) is 4.98 Å². The SMILES string of the molecule is CC1=Cc2cc(Nc3nc(Nc4cccc(OCCN5CCOCC5)c4)ncc3C#N)ccc2C1. The lowest BCUT2D eigenvalue weighted by molar-refractivity contribution is 0.0322. The Bertz CT molecular complexity index is 1280. The number of nitrogens with one attached hydrogen (secondary N) is 2. The molecule has 1 saturated heterocycles. The van der Waals surface area contributed by atoms with Crippen LogP contribution in [0.2, 0.25) is 0 Å². The molecule has 5 rings (SSSR count). The van der Waals surface area contributed by atoms with Crippen LogP contribution in [0.15, 0.2) is 54.2 Å². The molecule has 0 unspecified atom stereocenters. The summed E-state index contributed by atoms with van der Waals surface area (Å²) in [5, 5.41) is 16.1. The summed E-state index contributed by atoms with van der Waals surface area (Å²) in [7, 11) is 0. The average molecular weight is 469 g/mol. The molecule has 2 N–H and O–H groups in total. The van der Waals surface area contributed by atoms with Crippen LogP contribution in [-0.4, -0.2) is 54.3 Å². The van der Waals surface area contributed by atoms with Crippen LogP contribution in [-0.2, 0) is 11.2 Å². The number of nitrogens with zero attached hydrogens (tertiary/aromatic N) is 4. The standard InChI is InChI=1S/C27H28N6O2/c1-19-13-20-5-6-24(15-21(20)14-19)30-26-22(17-28)18-29-27(32-26)31-23-3-2-4-25(16-23)35-12-9-33-7-10-34-11-8-33/h2-6,14-16,18H,7-13H2,1H3,(H2,29,30,31,32). The van der Waals surface area contributed by atoms with Crippen LogP contribution in [0.3, 0.4) is 0 Å². The molecule has 35 heavy (non-hydrogen) atoms. The Hall–Kier alpha value is -3.93. The van der Waals surface area contributed by atoms with Gasteiger partial charge in [-0.05, 0) is 48.7 Å². The maximum Gasteiger partial charge on any atom is 0.229 e. The van der Waals surface area contributed by atoms with Gasteiger partial charge < -0.3 is 20.1 Å². The molecule has 0 bridgehead atoms. The molecule has 1 aromatic heterocycles. The van der Waals surface area contributed by atoms with Crippen molar-refractivity contribution in [1.82, 2.24) is 14.9 Å². The van der Waals surface area contributed by atoms with Crippen molar-refractivity contribution in [2.24, 2.45) is 0 Å². The molecular weight excluding hydrogens is 440 g/mol. The second-order valence-corrected chi connectivity index (χ2v) is 8.73. The zero-order valence-corrected chi connectivity index (χ0v) is 19.8. The molecule has 0 atom stereocenters. The lowest BCUT2D eigenvalue weighted by Crippen LogP contribution is -2.38. The van der Waals surface area contributed by atoms with Gasteiger partial charge in [0.05, 0.1) is 19.4 Å². The Morgan fingerprint density at radius 3 is 2.83 bits per heavy atom. The molecule has 1 aliphatic carbocycles. The van der Waals surface area contributed by atoms with Crippen LogP contribution in [0.4, 0.5) is 23.1 Å².